The molecular formula is C13H25N3. The number of likely N-dealkylation sites (tertiary alicyclic amines) is 1. The summed E-state index contributed by atoms with van der Waals surface area (Å²) >= 11 is 0. The predicted molar refractivity (Wildman–Crippen MR) is 68.7 cm³/mol. The van der Waals surface area contributed by atoms with Crippen molar-refractivity contribution >= 4 is 0 Å². The lowest BCUT2D eigenvalue weighted by atomic mass is 9.91. The summed E-state index contributed by atoms with van der Waals surface area (Å²) in [4.78, 5) is 4.98. The van der Waals surface area contributed by atoms with Crippen molar-refractivity contribution in [1.82, 2.24) is 15.1 Å². The van der Waals surface area contributed by atoms with Crippen LogP contribution in [0, 0.1) is 5.92 Å². The van der Waals surface area contributed by atoms with Gasteiger partial charge in [-0.3, -0.25) is 4.90 Å². The number of hydrogen-bond acceptors (Lipinski definition) is 3. The highest BCUT2D eigenvalue weighted by Gasteiger charge is 2.21. The van der Waals surface area contributed by atoms with E-state index in [1.807, 2.05) is 0 Å². The Kier molecular flexibility index (Phi) is 4.38. The molecule has 2 rings (SSSR count). The third kappa shape index (κ3) is 3.30. The molecule has 0 aromatic carbocycles. The van der Waals surface area contributed by atoms with E-state index < -0.39 is 0 Å². The van der Waals surface area contributed by atoms with Gasteiger partial charge in [-0.25, -0.2) is 0 Å². The summed E-state index contributed by atoms with van der Waals surface area (Å²) in [5.41, 5.74) is 1.45. The largest absolute Gasteiger partial charge is 0.314 e. The van der Waals surface area contributed by atoms with Crippen LogP contribution < -0.4 is 5.32 Å². The average Bonchev–Trinajstić information content (AvgIpc) is 2.30. The lowest BCUT2D eigenvalue weighted by Gasteiger charge is -2.34. The Morgan fingerprint density at radius 2 is 2.06 bits per heavy atom. The van der Waals surface area contributed by atoms with E-state index in [1.165, 1.54) is 44.6 Å². The van der Waals surface area contributed by atoms with Crippen molar-refractivity contribution in [2.75, 3.05) is 52.9 Å². The van der Waals surface area contributed by atoms with Crippen LogP contribution in [0.1, 0.15) is 12.8 Å². The van der Waals surface area contributed by atoms with Crippen LogP contribution >= 0.6 is 0 Å². The van der Waals surface area contributed by atoms with Gasteiger partial charge in [-0.15, -0.1) is 0 Å². The van der Waals surface area contributed by atoms with Crippen LogP contribution in [0.3, 0.4) is 0 Å². The third-order valence-electron chi connectivity index (χ3n) is 3.84. The van der Waals surface area contributed by atoms with Gasteiger partial charge in [-0.2, -0.15) is 0 Å². The molecule has 1 unspecified atom stereocenters. The van der Waals surface area contributed by atoms with Gasteiger partial charge in [0.15, 0.2) is 0 Å². The smallest absolute Gasteiger partial charge is 0.0194 e. The highest BCUT2D eigenvalue weighted by Crippen LogP contribution is 2.22. The second-order valence-corrected chi connectivity index (χ2v) is 5.29. The number of piperazine rings is 1. The molecular weight excluding hydrogens is 198 g/mol. The fourth-order valence-electron chi connectivity index (χ4n) is 2.79. The second kappa shape index (κ2) is 5.80. The van der Waals surface area contributed by atoms with Crippen molar-refractivity contribution in [3.8, 4) is 0 Å². The van der Waals surface area contributed by atoms with Crippen molar-refractivity contribution in [1.29, 1.82) is 0 Å². The molecule has 0 aliphatic carbocycles. The molecule has 3 heteroatoms. The predicted octanol–water partition coefficient (Wildman–Crippen LogP) is 0.790. The molecule has 0 bridgehead atoms. The van der Waals surface area contributed by atoms with Crippen molar-refractivity contribution in [2.24, 2.45) is 5.92 Å². The van der Waals surface area contributed by atoms with E-state index in [-0.39, 0.29) is 0 Å². The van der Waals surface area contributed by atoms with Crippen molar-refractivity contribution in [2.45, 2.75) is 12.8 Å². The summed E-state index contributed by atoms with van der Waals surface area (Å²) in [6, 6.07) is 0. The fourth-order valence-corrected chi connectivity index (χ4v) is 2.79. The Balaban J connectivity index is 1.77. The van der Waals surface area contributed by atoms with Gasteiger partial charge in [0, 0.05) is 39.3 Å². The van der Waals surface area contributed by atoms with Crippen LogP contribution in [-0.4, -0.2) is 62.7 Å². The number of nitrogens with zero attached hydrogens (tertiary/aromatic N) is 2. The fraction of sp³-hybridized carbons (Fsp3) is 0.846. The Labute approximate surface area is 99.5 Å². The Bertz CT molecular complexity index is 233. The third-order valence-corrected chi connectivity index (χ3v) is 3.84. The Hall–Kier alpha value is -0.380. The molecule has 0 radical (unpaired) electrons. The number of nitrogens with one attached hydrogen (secondary N) is 1. The van der Waals surface area contributed by atoms with Crippen molar-refractivity contribution in [3.05, 3.63) is 12.2 Å². The molecule has 92 valence electrons. The molecule has 1 N–H and O–H groups in total. The molecule has 0 spiro atoms. The molecule has 2 heterocycles. The zero-order valence-corrected chi connectivity index (χ0v) is 10.5. The van der Waals surface area contributed by atoms with Crippen LogP contribution in [0.25, 0.3) is 0 Å². The van der Waals surface area contributed by atoms with Crippen LogP contribution in [0.15, 0.2) is 12.2 Å². The number of rotatable bonds is 3. The highest BCUT2D eigenvalue weighted by atomic mass is 15.2. The highest BCUT2D eigenvalue weighted by molar-refractivity contribution is 5.05. The SMILES string of the molecule is C=C(CN1CCNCC1)C1CCCN(C)C1. The van der Waals surface area contributed by atoms with Gasteiger partial charge in [0.2, 0.25) is 0 Å². The van der Waals surface area contributed by atoms with Gasteiger partial charge in [0.05, 0.1) is 0 Å². The summed E-state index contributed by atoms with van der Waals surface area (Å²) < 4.78 is 0. The van der Waals surface area contributed by atoms with E-state index in [4.69, 9.17) is 0 Å². The maximum atomic E-state index is 4.32. The molecule has 0 aromatic heterocycles. The lowest BCUT2D eigenvalue weighted by molar-refractivity contribution is 0.208. The van der Waals surface area contributed by atoms with Gasteiger partial charge in [0.1, 0.15) is 0 Å². The normalized spacial score (nSPS) is 29.2. The first-order chi connectivity index (χ1) is 7.75. The van der Waals surface area contributed by atoms with Gasteiger partial charge in [-0.05, 0) is 32.4 Å². The maximum absolute atomic E-state index is 4.32. The summed E-state index contributed by atoms with van der Waals surface area (Å²) in [6.07, 6.45) is 2.68. The van der Waals surface area contributed by atoms with Crippen LogP contribution in [-0.2, 0) is 0 Å². The maximum Gasteiger partial charge on any atom is 0.0194 e. The standard InChI is InChI=1S/C13H25N3/c1-12(10-16-8-5-14-6-9-16)13-4-3-7-15(2)11-13/h13-14H,1,3-11H2,2H3. The van der Waals surface area contributed by atoms with Gasteiger partial charge in [0.25, 0.3) is 0 Å². The molecule has 1 atom stereocenters. The van der Waals surface area contributed by atoms with E-state index in [0.717, 1.165) is 25.6 Å². The molecule has 0 aromatic rings. The molecule has 16 heavy (non-hydrogen) atoms. The van der Waals surface area contributed by atoms with E-state index in [9.17, 15) is 0 Å². The van der Waals surface area contributed by atoms with Crippen LogP contribution in [0.2, 0.25) is 0 Å². The second-order valence-electron chi connectivity index (χ2n) is 5.29. The topological polar surface area (TPSA) is 18.5 Å². The van der Waals surface area contributed by atoms with Gasteiger partial charge in [-0.1, -0.05) is 12.2 Å². The first kappa shape index (κ1) is 12.1. The molecule has 0 amide bonds. The molecule has 2 aliphatic heterocycles. The van der Waals surface area contributed by atoms with E-state index in [0.29, 0.717) is 0 Å². The van der Waals surface area contributed by atoms with Gasteiger partial charge < -0.3 is 10.2 Å². The van der Waals surface area contributed by atoms with Crippen molar-refractivity contribution in [3.63, 3.8) is 0 Å². The minimum atomic E-state index is 0.730. The Morgan fingerprint density at radius 1 is 1.31 bits per heavy atom. The van der Waals surface area contributed by atoms with Crippen LogP contribution in [0.4, 0.5) is 0 Å². The minimum Gasteiger partial charge on any atom is -0.314 e. The zero-order valence-electron chi connectivity index (χ0n) is 10.5. The molecule has 2 fully saturated rings. The zero-order chi connectivity index (χ0) is 11.4. The van der Waals surface area contributed by atoms with E-state index >= 15 is 0 Å². The molecule has 2 aliphatic rings. The minimum absolute atomic E-state index is 0.730. The van der Waals surface area contributed by atoms with Crippen molar-refractivity contribution < 1.29 is 0 Å². The summed E-state index contributed by atoms with van der Waals surface area (Å²) in [5, 5.41) is 3.39. The number of piperidine rings is 1. The number of hydrogen-bond donors (Lipinski definition) is 1. The summed E-state index contributed by atoms with van der Waals surface area (Å²) in [7, 11) is 2.23. The Morgan fingerprint density at radius 3 is 2.75 bits per heavy atom. The monoisotopic (exact) mass is 223 g/mol. The van der Waals surface area contributed by atoms with E-state index in [2.05, 4.69) is 28.7 Å². The van der Waals surface area contributed by atoms with Crippen LogP contribution in [0.5, 0.6) is 0 Å². The average molecular weight is 223 g/mol. The van der Waals surface area contributed by atoms with Gasteiger partial charge >= 0.3 is 0 Å². The first-order valence-corrected chi connectivity index (χ1v) is 6.55. The summed E-state index contributed by atoms with van der Waals surface area (Å²) in [5.74, 6) is 0.730. The first-order valence-electron chi connectivity index (χ1n) is 6.55. The van der Waals surface area contributed by atoms with E-state index in [1.54, 1.807) is 0 Å². The molecule has 0 saturated carbocycles. The molecule has 3 nitrogen and oxygen atoms in total. The quantitative estimate of drug-likeness (QED) is 0.714. The lowest BCUT2D eigenvalue weighted by Crippen LogP contribution is -2.45. The molecule has 2 saturated heterocycles. The summed E-state index contributed by atoms with van der Waals surface area (Å²) in [6.45, 7) is 12.5.